The van der Waals surface area contributed by atoms with E-state index in [4.69, 9.17) is 9.90 Å². The van der Waals surface area contributed by atoms with Gasteiger partial charge in [0.1, 0.15) is 0 Å². The third-order valence-corrected chi connectivity index (χ3v) is 2.41. The Labute approximate surface area is 111 Å². The Bertz CT molecular complexity index is 441. The number of nitrogens with one attached hydrogen (secondary N) is 3. The Kier molecular flexibility index (Phi) is 5.50. The maximum atomic E-state index is 11.5. The maximum Gasteiger partial charge on any atom is 0.490 e. The molecule has 112 valence electrons. The largest absolute Gasteiger partial charge is 0.490 e. The number of carbonyl (C=O) groups excluding carboxylic acids is 1. The van der Waals surface area contributed by atoms with Crippen molar-refractivity contribution in [3.63, 3.8) is 0 Å². The molecule has 1 fully saturated rings. The molecule has 1 saturated heterocycles. The SMILES string of the molecule is O=C(Nc1ncc[nH]1)C1CCNC1.O=C(O)C(F)(F)F. The lowest BCUT2D eigenvalue weighted by Crippen LogP contribution is -2.25. The average Bonchev–Trinajstić information content (AvgIpc) is 3.00. The standard InChI is InChI=1S/C8H12N4O.C2HF3O2/c13-7(6-1-2-9-5-6)12-8-10-3-4-11-8;3-2(4,5)1(6)7/h3-4,6,9H,1-2,5H2,(H2,10,11,12,13);(H,6,7). The van der Waals surface area contributed by atoms with Crippen molar-refractivity contribution in [2.24, 2.45) is 5.92 Å². The van der Waals surface area contributed by atoms with Crippen LogP contribution in [0.4, 0.5) is 19.1 Å². The van der Waals surface area contributed by atoms with E-state index in [1.165, 1.54) is 0 Å². The van der Waals surface area contributed by atoms with Crippen LogP contribution >= 0.6 is 0 Å². The number of imidazole rings is 1. The molecule has 0 radical (unpaired) electrons. The number of amides is 1. The van der Waals surface area contributed by atoms with E-state index in [2.05, 4.69) is 20.6 Å². The van der Waals surface area contributed by atoms with E-state index in [1.807, 2.05) is 0 Å². The van der Waals surface area contributed by atoms with E-state index >= 15 is 0 Å². The van der Waals surface area contributed by atoms with E-state index < -0.39 is 12.1 Å². The first kappa shape index (κ1) is 16.0. The van der Waals surface area contributed by atoms with Gasteiger partial charge in [-0.2, -0.15) is 13.2 Å². The van der Waals surface area contributed by atoms with Crippen LogP contribution in [0.15, 0.2) is 12.4 Å². The molecule has 1 atom stereocenters. The zero-order chi connectivity index (χ0) is 15.2. The molecule has 0 aliphatic carbocycles. The highest BCUT2D eigenvalue weighted by Crippen LogP contribution is 2.13. The molecular formula is C10H13F3N4O3. The molecule has 0 aromatic carbocycles. The highest BCUT2D eigenvalue weighted by atomic mass is 19.4. The molecule has 1 aliphatic heterocycles. The van der Waals surface area contributed by atoms with Crippen LogP contribution in [0.2, 0.25) is 0 Å². The van der Waals surface area contributed by atoms with Crippen molar-refractivity contribution < 1.29 is 27.9 Å². The molecule has 7 nitrogen and oxygen atoms in total. The second-order valence-corrected chi connectivity index (χ2v) is 3.92. The Hall–Kier alpha value is -2.10. The number of alkyl halides is 3. The summed E-state index contributed by atoms with van der Waals surface area (Å²) in [5.41, 5.74) is 0. The third-order valence-electron chi connectivity index (χ3n) is 2.41. The number of halogens is 3. The summed E-state index contributed by atoms with van der Waals surface area (Å²) in [7, 11) is 0. The van der Waals surface area contributed by atoms with E-state index in [-0.39, 0.29) is 11.8 Å². The number of carboxylic acids is 1. The highest BCUT2D eigenvalue weighted by Gasteiger charge is 2.38. The van der Waals surface area contributed by atoms with E-state index in [0.717, 1.165) is 19.5 Å². The quantitative estimate of drug-likeness (QED) is 0.638. The second-order valence-electron chi connectivity index (χ2n) is 3.92. The van der Waals surface area contributed by atoms with Crippen LogP contribution in [-0.4, -0.2) is 46.2 Å². The number of anilines is 1. The molecule has 10 heteroatoms. The highest BCUT2D eigenvalue weighted by molar-refractivity contribution is 5.91. The molecule has 1 aliphatic rings. The van der Waals surface area contributed by atoms with Gasteiger partial charge in [0, 0.05) is 18.9 Å². The summed E-state index contributed by atoms with van der Waals surface area (Å²) in [4.78, 5) is 27.1. The molecule has 1 aromatic rings. The number of carbonyl (C=O) groups is 2. The van der Waals surface area contributed by atoms with E-state index in [0.29, 0.717) is 5.95 Å². The molecule has 20 heavy (non-hydrogen) atoms. The Morgan fingerprint density at radius 3 is 2.50 bits per heavy atom. The summed E-state index contributed by atoms with van der Waals surface area (Å²) < 4.78 is 31.7. The van der Waals surface area contributed by atoms with Crippen molar-refractivity contribution in [3.8, 4) is 0 Å². The summed E-state index contributed by atoms with van der Waals surface area (Å²) in [6.07, 6.45) is -0.877. The van der Waals surface area contributed by atoms with Gasteiger partial charge in [-0.15, -0.1) is 0 Å². The van der Waals surface area contributed by atoms with Gasteiger partial charge < -0.3 is 15.4 Å². The monoisotopic (exact) mass is 294 g/mol. The third kappa shape index (κ3) is 5.26. The van der Waals surface area contributed by atoms with Crippen LogP contribution in [-0.2, 0) is 9.59 Å². The van der Waals surface area contributed by atoms with Crippen molar-refractivity contribution in [2.75, 3.05) is 18.4 Å². The number of aromatic nitrogens is 2. The van der Waals surface area contributed by atoms with Crippen LogP contribution in [0.1, 0.15) is 6.42 Å². The van der Waals surface area contributed by atoms with Crippen LogP contribution < -0.4 is 10.6 Å². The van der Waals surface area contributed by atoms with Gasteiger partial charge in [0.2, 0.25) is 11.9 Å². The van der Waals surface area contributed by atoms with Gasteiger partial charge in [-0.05, 0) is 13.0 Å². The summed E-state index contributed by atoms with van der Waals surface area (Å²) >= 11 is 0. The molecular weight excluding hydrogens is 281 g/mol. The molecule has 0 bridgehead atoms. The van der Waals surface area contributed by atoms with Crippen LogP contribution in [0.25, 0.3) is 0 Å². The number of aliphatic carboxylic acids is 1. The first-order valence-electron chi connectivity index (χ1n) is 5.61. The Morgan fingerprint density at radius 2 is 2.10 bits per heavy atom. The Balaban J connectivity index is 0.000000246. The number of H-pyrrole nitrogens is 1. The molecule has 0 spiro atoms. The van der Waals surface area contributed by atoms with Crippen molar-refractivity contribution in [2.45, 2.75) is 12.6 Å². The van der Waals surface area contributed by atoms with Crippen LogP contribution in [0.5, 0.6) is 0 Å². The zero-order valence-corrected chi connectivity index (χ0v) is 10.2. The fourth-order valence-electron chi connectivity index (χ4n) is 1.43. The minimum Gasteiger partial charge on any atom is -0.475 e. The minimum atomic E-state index is -5.08. The predicted molar refractivity (Wildman–Crippen MR) is 61.9 cm³/mol. The molecule has 4 N–H and O–H groups in total. The maximum absolute atomic E-state index is 11.5. The number of aromatic amines is 1. The van der Waals surface area contributed by atoms with E-state index in [1.54, 1.807) is 12.4 Å². The van der Waals surface area contributed by atoms with Gasteiger partial charge in [0.15, 0.2) is 0 Å². The smallest absolute Gasteiger partial charge is 0.475 e. The average molecular weight is 294 g/mol. The predicted octanol–water partition coefficient (Wildman–Crippen LogP) is 0.591. The van der Waals surface area contributed by atoms with Crippen molar-refractivity contribution in [1.29, 1.82) is 0 Å². The van der Waals surface area contributed by atoms with E-state index in [9.17, 15) is 18.0 Å². The number of nitrogens with zero attached hydrogens (tertiary/aromatic N) is 1. The summed E-state index contributed by atoms with van der Waals surface area (Å²) in [6, 6.07) is 0. The van der Waals surface area contributed by atoms with Crippen LogP contribution in [0, 0.1) is 5.92 Å². The van der Waals surface area contributed by atoms with Gasteiger partial charge in [-0.3, -0.25) is 10.1 Å². The zero-order valence-electron chi connectivity index (χ0n) is 10.2. The summed E-state index contributed by atoms with van der Waals surface area (Å²) in [5, 5.41) is 13.0. The van der Waals surface area contributed by atoms with Gasteiger partial charge >= 0.3 is 12.1 Å². The fraction of sp³-hybridized carbons (Fsp3) is 0.500. The van der Waals surface area contributed by atoms with Gasteiger partial charge in [-0.25, -0.2) is 9.78 Å². The first-order valence-corrected chi connectivity index (χ1v) is 5.61. The molecule has 2 heterocycles. The Morgan fingerprint density at radius 1 is 1.45 bits per heavy atom. The molecule has 2 rings (SSSR count). The fourth-order valence-corrected chi connectivity index (χ4v) is 1.43. The molecule has 1 unspecified atom stereocenters. The minimum absolute atomic E-state index is 0.0416. The van der Waals surface area contributed by atoms with Crippen molar-refractivity contribution in [1.82, 2.24) is 15.3 Å². The van der Waals surface area contributed by atoms with Crippen molar-refractivity contribution in [3.05, 3.63) is 12.4 Å². The lowest BCUT2D eigenvalue weighted by atomic mass is 10.1. The normalized spacial score (nSPS) is 18.1. The lowest BCUT2D eigenvalue weighted by Gasteiger charge is -2.06. The lowest BCUT2D eigenvalue weighted by molar-refractivity contribution is -0.192. The number of hydrogen-bond acceptors (Lipinski definition) is 4. The molecule has 1 aromatic heterocycles. The number of hydrogen-bond donors (Lipinski definition) is 4. The first-order chi connectivity index (χ1) is 9.30. The van der Waals surface area contributed by atoms with Gasteiger partial charge in [0.25, 0.3) is 0 Å². The van der Waals surface area contributed by atoms with Gasteiger partial charge in [-0.1, -0.05) is 0 Å². The second kappa shape index (κ2) is 6.89. The molecule has 1 amide bonds. The number of rotatable bonds is 2. The summed E-state index contributed by atoms with van der Waals surface area (Å²) in [5.74, 6) is -2.10. The van der Waals surface area contributed by atoms with Gasteiger partial charge in [0.05, 0.1) is 5.92 Å². The van der Waals surface area contributed by atoms with Crippen molar-refractivity contribution >= 4 is 17.8 Å². The molecule has 0 saturated carbocycles. The topological polar surface area (TPSA) is 107 Å². The number of carboxylic acid groups (broad SMARTS) is 1. The van der Waals surface area contributed by atoms with Crippen LogP contribution in [0.3, 0.4) is 0 Å². The summed E-state index contributed by atoms with van der Waals surface area (Å²) in [6.45, 7) is 1.70.